The van der Waals surface area contributed by atoms with Crippen molar-refractivity contribution in [1.82, 2.24) is 15.2 Å². The molecule has 1 aromatic carbocycles. The quantitative estimate of drug-likeness (QED) is 0.886. The van der Waals surface area contributed by atoms with Crippen LogP contribution in [0.25, 0.3) is 0 Å². The summed E-state index contributed by atoms with van der Waals surface area (Å²) in [5.74, 6) is -1.01. The van der Waals surface area contributed by atoms with Gasteiger partial charge in [0.15, 0.2) is 0 Å². The Bertz CT molecular complexity index is 514. The molecule has 0 aliphatic carbocycles. The Morgan fingerprint density at radius 1 is 1.50 bits per heavy atom. The van der Waals surface area contributed by atoms with E-state index in [-0.39, 0.29) is 11.5 Å². The number of nitrogens with one attached hydrogen (secondary N) is 2. The molecule has 16 heavy (non-hydrogen) atoms. The van der Waals surface area contributed by atoms with E-state index in [0.29, 0.717) is 4.47 Å². The van der Waals surface area contributed by atoms with Crippen LogP contribution >= 0.6 is 15.9 Å². The van der Waals surface area contributed by atoms with Crippen LogP contribution in [0.2, 0.25) is 0 Å². The first-order chi connectivity index (χ1) is 7.66. The van der Waals surface area contributed by atoms with Gasteiger partial charge in [-0.3, -0.25) is 10.1 Å². The molecular weight excluding hydrogens is 279 g/mol. The van der Waals surface area contributed by atoms with Gasteiger partial charge in [0.25, 0.3) is 5.91 Å². The predicted octanol–water partition coefficient (Wildman–Crippen LogP) is 1.96. The molecule has 1 amide bonds. The number of nitrogens with zero attached hydrogens (tertiary/aromatic N) is 2. The lowest BCUT2D eigenvalue weighted by atomic mass is 10.2. The van der Waals surface area contributed by atoms with E-state index in [2.05, 4.69) is 36.4 Å². The SMILES string of the molecule is O=C(Nc1ncn[nH]1)c1ccc(Br)cc1F. The molecule has 0 saturated carbocycles. The summed E-state index contributed by atoms with van der Waals surface area (Å²) in [5, 5.41) is 8.37. The molecule has 5 nitrogen and oxygen atoms in total. The van der Waals surface area contributed by atoms with Gasteiger partial charge in [0.2, 0.25) is 5.95 Å². The highest BCUT2D eigenvalue weighted by Crippen LogP contribution is 2.15. The molecule has 2 rings (SSSR count). The summed E-state index contributed by atoms with van der Waals surface area (Å²) in [4.78, 5) is 15.3. The number of H-pyrrole nitrogens is 1. The number of anilines is 1. The maximum atomic E-state index is 13.4. The van der Waals surface area contributed by atoms with Crippen molar-refractivity contribution in [3.05, 3.63) is 40.4 Å². The van der Waals surface area contributed by atoms with Gasteiger partial charge in [-0.1, -0.05) is 15.9 Å². The summed E-state index contributed by atoms with van der Waals surface area (Å²) in [6.07, 6.45) is 1.24. The summed E-state index contributed by atoms with van der Waals surface area (Å²) < 4.78 is 14.0. The van der Waals surface area contributed by atoms with Crippen LogP contribution in [0, 0.1) is 5.82 Å². The molecular formula is C9H6BrFN4O. The molecule has 2 aromatic rings. The van der Waals surface area contributed by atoms with E-state index < -0.39 is 11.7 Å². The number of carbonyl (C=O) groups is 1. The molecule has 0 unspecified atom stereocenters. The molecule has 7 heteroatoms. The maximum absolute atomic E-state index is 13.4. The Hall–Kier alpha value is -1.76. The third-order valence-electron chi connectivity index (χ3n) is 1.82. The van der Waals surface area contributed by atoms with Gasteiger partial charge in [0.05, 0.1) is 5.56 Å². The van der Waals surface area contributed by atoms with E-state index in [0.717, 1.165) is 0 Å². The number of benzene rings is 1. The summed E-state index contributed by atoms with van der Waals surface area (Å²) in [7, 11) is 0. The molecule has 0 radical (unpaired) electrons. The first-order valence-electron chi connectivity index (χ1n) is 4.28. The topological polar surface area (TPSA) is 70.7 Å². The van der Waals surface area contributed by atoms with Crippen molar-refractivity contribution in [3.63, 3.8) is 0 Å². The van der Waals surface area contributed by atoms with Gasteiger partial charge in [0, 0.05) is 4.47 Å². The number of hydrogen-bond donors (Lipinski definition) is 2. The Morgan fingerprint density at radius 2 is 2.31 bits per heavy atom. The fourth-order valence-electron chi connectivity index (χ4n) is 1.11. The van der Waals surface area contributed by atoms with Gasteiger partial charge in [0.1, 0.15) is 12.1 Å². The molecule has 2 N–H and O–H groups in total. The highest BCUT2D eigenvalue weighted by Gasteiger charge is 2.12. The average molecular weight is 285 g/mol. The largest absolute Gasteiger partial charge is 0.291 e. The second-order valence-electron chi connectivity index (χ2n) is 2.91. The minimum atomic E-state index is -0.605. The van der Waals surface area contributed by atoms with Crippen molar-refractivity contribution in [2.45, 2.75) is 0 Å². The van der Waals surface area contributed by atoms with Crippen LogP contribution in [0.5, 0.6) is 0 Å². The van der Waals surface area contributed by atoms with Crippen molar-refractivity contribution in [1.29, 1.82) is 0 Å². The number of rotatable bonds is 2. The van der Waals surface area contributed by atoms with Crippen LogP contribution in [-0.4, -0.2) is 21.1 Å². The third kappa shape index (κ3) is 2.25. The fourth-order valence-corrected chi connectivity index (χ4v) is 1.45. The van der Waals surface area contributed by atoms with Crippen LogP contribution in [0.4, 0.5) is 10.3 Å². The number of aromatic nitrogens is 3. The molecule has 0 saturated heterocycles. The van der Waals surface area contributed by atoms with Gasteiger partial charge in [-0.25, -0.2) is 9.49 Å². The summed E-state index contributed by atoms with van der Waals surface area (Å²) in [6.45, 7) is 0. The normalized spacial score (nSPS) is 10.1. The first kappa shape index (κ1) is 10.7. The summed E-state index contributed by atoms with van der Waals surface area (Å²) in [6, 6.07) is 4.18. The van der Waals surface area contributed by atoms with Crippen LogP contribution < -0.4 is 5.32 Å². The predicted molar refractivity (Wildman–Crippen MR) is 58.4 cm³/mol. The number of amides is 1. The smallest absolute Gasteiger partial charge is 0.260 e. The van der Waals surface area contributed by atoms with Crippen LogP contribution in [-0.2, 0) is 0 Å². The van der Waals surface area contributed by atoms with Crippen molar-refractivity contribution >= 4 is 27.8 Å². The van der Waals surface area contributed by atoms with E-state index in [4.69, 9.17) is 0 Å². The van der Waals surface area contributed by atoms with Gasteiger partial charge >= 0.3 is 0 Å². The second kappa shape index (κ2) is 4.40. The molecule has 0 aliphatic rings. The molecule has 82 valence electrons. The zero-order chi connectivity index (χ0) is 11.5. The van der Waals surface area contributed by atoms with Gasteiger partial charge < -0.3 is 0 Å². The number of carbonyl (C=O) groups excluding carboxylic acids is 1. The molecule has 0 atom stereocenters. The zero-order valence-corrected chi connectivity index (χ0v) is 9.45. The van der Waals surface area contributed by atoms with E-state index in [9.17, 15) is 9.18 Å². The van der Waals surface area contributed by atoms with Gasteiger partial charge in [-0.05, 0) is 18.2 Å². The highest BCUT2D eigenvalue weighted by atomic mass is 79.9. The number of hydrogen-bond acceptors (Lipinski definition) is 3. The molecule has 1 heterocycles. The third-order valence-corrected chi connectivity index (χ3v) is 2.32. The lowest BCUT2D eigenvalue weighted by molar-refractivity contribution is 0.102. The second-order valence-corrected chi connectivity index (χ2v) is 3.83. The van der Waals surface area contributed by atoms with Gasteiger partial charge in [-0.15, -0.1) is 0 Å². The monoisotopic (exact) mass is 284 g/mol. The molecule has 0 aliphatic heterocycles. The Kier molecular flexibility index (Phi) is 2.95. The maximum Gasteiger partial charge on any atom is 0.260 e. The lowest BCUT2D eigenvalue weighted by Crippen LogP contribution is -2.14. The summed E-state index contributed by atoms with van der Waals surface area (Å²) in [5.41, 5.74) is -0.0559. The van der Waals surface area contributed by atoms with Crippen LogP contribution in [0.15, 0.2) is 29.0 Å². The van der Waals surface area contributed by atoms with Crippen molar-refractivity contribution in [2.24, 2.45) is 0 Å². The van der Waals surface area contributed by atoms with Crippen molar-refractivity contribution in [2.75, 3.05) is 5.32 Å². The standard InChI is InChI=1S/C9H6BrFN4O/c10-5-1-2-6(7(11)3-5)8(16)14-9-12-4-13-15-9/h1-4H,(H2,12,13,14,15,16). The van der Waals surface area contributed by atoms with E-state index in [1.165, 1.54) is 18.5 Å². The minimum absolute atomic E-state index is 0.0559. The molecule has 0 spiro atoms. The Balaban J connectivity index is 2.21. The molecule has 1 aromatic heterocycles. The van der Waals surface area contributed by atoms with Crippen LogP contribution in [0.1, 0.15) is 10.4 Å². The van der Waals surface area contributed by atoms with Crippen LogP contribution in [0.3, 0.4) is 0 Å². The number of aromatic amines is 1. The Labute approximate surface area is 98.2 Å². The zero-order valence-electron chi connectivity index (χ0n) is 7.87. The minimum Gasteiger partial charge on any atom is -0.291 e. The van der Waals surface area contributed by atoms with E-state index in [1.807, 2.05) is 0 Å². The van der Waals surface area contributed by atoms with E-state index in [1.54, 1.807) is 6.07 Å². The van der Waals surface area contributed by atoms with Crippen molar-refractivity contribution < 1.29 is 9.18 Å². The molecule has 0 bridgehead atoms. The Morgan fingerprint density at radius 3 is 2.94 bits per heavy atom. The summed E-state index contributed by atoms with van der Waals surface area (Å²) >= 11 is 3.11. The first-order valence-corrected chi connectivity index (χ1v) is 5.08. The average Bonchev–Trinajstić information content (AvgIpc) is 2.70. The van der Waals surface area contributed by atoms with E-state index >= 15 is 0 Å². The van der Waals surface area contributed by atoms with Crippen molar-refractivity contribution in [3.8, 4) is 0 Å². The lowest BCUT2D eigenvalue weighted by Gasteiger charge is -2.02. The fraction of sp³-hybridized carbons (Fsp3) is 0. The highest BCUT2D eigenvalue weighted by molar-refractivity contribution is 9.10. The molecule has 0 fully saturated rings. The number of halogens is 2. The van der Waals surface area contributed by atoms with Gasteiger partial charge in [-0.2, -0.15) is 10.1 Å².